The van der Waals surface area contributed by atoms with Crippen molar-refractivity contribution >= 4 is 0 Å². The first-order valence-corrected chi connectivity index (χ1v) is 8.32. The molecule has 0 saturated carbocycles. The van der Waals surface area contributed by atoms with E-state index in [0.717, 1.165) is 31.8 Å². The van der Waals surface area contributed by atoms with Gasteiger partial charge in [0.05, 0.1) is 0 Å². The van der Waals surface area contributed by atoms with Crippen LogP contribution in [0.5, 0.6) is 5.75 Å². The summed E-state index contributed by atoms with van der Waals surface area (Å²) in [6.45, 7) is 7.73. The van der Waals surface area contributed by atoms with Crippen molar-refractivity contribution in [3.05, 3.63) is 29.8 Å². The van der Waals surface area contributed by atoms with E-state index >= 15 is 0 Å². The van der Waals surface area contributed by atoms with Crippen molar-refractivity contribution in [2.24, 2.45) is 0 Å². The molecule has 0 spiro atoms. The van der Waals surface area contributed by atoms with Crippen molar-refractivity contribution in [1.29, 1.82) is 0 Å². The molecule has 1 saturated heterocycles. The van der Waals surface area contributed by atoms with Gasteiger partial charge in [0.25, 0.3) is 0 Å². The third-order valence-electron chi connectivity index (χ3n) is 4.41. The molecule has 2 atom stereocenters. The molecule has 0 aromatic heterocycles. The molecule has 1 N–H and O–H groups in total. The van der Waals surface area contributed by atoms with Crippen LogP contribution in [0.4, 0.5) is 0 Å². The molecule has 0 unspecified atom stereocenters. The monoisotopic (exact) mass is 291 g/mol. The van der Waals surface area contributed by atoms with Gasteiger partial charge in [0, 0.05) is 6.54 Å². The average Bonchev–Trinajstić information content (AvgIpc) is 2.53. The molecule has 0 radical (unpaired) electrons. The topological polar surface area (TPSA) is 32.7 Å². The van der Waals surface area contributed by atoms with Gasteiger partial charge in [-0.1, -0.05) is 38.5 Å². The largest absolute Gasteiger partial charge is 0.491 e. The number of likely N-dealkylation sites (tertiary alicyclic amines) is 1. The van der Waals surface area contributed by atoms with Crippen molar-refractivity contribution < 1.29 is 9.84 Å². The lowest BCUT2D eigenvalue weighted by molar-refractivity contribution is 0.0613. The van der Waals surface area contributed by atoms with Gasteiger partial charge in [-0.15, -0.1) is 0 Å². The number of para-hydroxylation sites is 1. The first-order valence-electron chi connectivity index (χ1n) is 8.32. The average molecular weight is 291 g/mol. The van der Waals surface area contributed by atoms with E-state index in [2.05, 4.69) is 30.9 Å². The Bertz CT molecular complexity index is 415. The number of hydrogen-bond acceptors (Lipinski definition) is 3. The van der Waals surface area contributed by atoms with Crippen LogP contribution in [0.15, 0.2) is 24.3 Å². The van der Waals surface area contributed by atoms with E-state index in [4.69, 9.17) is 4.74 Å². The lowest BCUT2D eigenvalue weighted by Crippen LogP contribution is -2.38. The molecular formula is C18H29NO2. The number of hydrogen-bond donors (Lipinski definition) is 1. The SMILES string of the molecule is CC[C@H](C)c1ccccc1OC[C@@H](O)CN1CCCCC1. The zero-order chi connectivity index (χ0) is 15.1. The van der Waals surface area contributed by atoms with E-state index in [1.54, 1.807) is 0 Å². The zero-order valence-electron chi connectivity index (χ0n) is 13.4. The summed E-state index contributed by atoms with van der Waals surface area (Å²) >= 11 is 0. The number of piperidine rings is 1. The van der Waals surface area contributed by atoms with Crippen LogP contribution in [0.2, 0.25) is 0 Å². The van der Waals surface area contributed by atoms with Gasteiger partial charge in [-0.05, 0) is 49.9 Å². The lowest BCUT2D eigenvalue weighted by Gasteiger charge is -2.28. The molecule has 0 amide bonds. The summed E-state index contributed by atoms with van der Waals surface area (Å²) in [6, 6.07) is 8.19. The van der Waals surface area contributed by atoms with Crippen molar-refractivity contribution in [1.82, 2.24) is 4.90 Å². The molecule has 0 aliphatic carbocycles. The van der Waals surface area contributed by atoms with Gasteiger partial charge in [0.15, 0.2) is 0 Å². The van der Waals surface area contributed by atoms with Gasteiger partial charge in [0.1, 0.15) is 18.5 Å². The summed E-state index contributed by atoms with van der Waals surface area (Å²) in [5, 5.41) is 10.2. The standard InChI is InChI=1S/C18H29NO2/c1-3-15(2)17-9-5-6-10-18(17)21-14-16(20)13-19-11-7-4-8-12-19/h5-6,9-10,15-16,20H,3-4,7-8,11-14H2,1-2H3/t15-,16-/m0/s1. The summed E-state index contributed by atoms with van der Waals surface area (Å²) in [6.07, 6.45) is 4.52. The second kappa shape index (κ2) is 8.40. The third-order valence-corrected chi connectivity index (χ3v) is 4.41. The second-order valence-electron chi connectivity index (χ2n) is 6.17. The van der Waals surface area contributed by atoms with Gasteiger partial charge in [-0.2, -0.15) is 0 Å². The van der Waals surface area contributed by atoms with E-state index < -0.39 is 6.10 Å². The Morgan fingerprint density at radius 1 is 1.19 bits per heavy atom. The van der Waals surface area contributed by atoms with Crippen LogP contribution in [0.1, 0.15) is 51.0 Å². The highest BCUT2D eigenvalue weighted by Gasteiger charge is 2.16. The Morgan fingerprint density at radius 3 is 2.62 bits per heavy atom. The molecule has 1 aromatic carbocycles. The fourth-order valence-corrected chi connectivity index (χ4v) is 2.92. The molecule has 1 heterocycles. The molecule has 1 aliphatic heterocycles. The second-order valence-corrected chi connectivity index (χ2v) is 6.17. The number of rotatable bonds is 7. The Balaban J connectivity index is 1.84. The molecule has 1 aliphatic rings. The predicted molar refractivity (Wildman–Crippen MR) is 86.9 cm³/mol. The van der Waals surface area contributed by atoms with Crippen LogP contribution in [-0.4, -0.2) is 42.4 Å². The maximum atomic E-state index is 10.2. The van der Waals surface area contributed by atoms with Crippen LogP contribution >= 0.6 is 0 Å². The Morgan fingerprint density at radius 2 is 1.90 bits per heavy atom. The lowest BCUT2D eigenvalue weighted by atomic mass is 9.98. The fourth-order valence-electron chi connectivity index (χ4n) is 2.92. The molecule has 1 aromatic rings. The van der Waals surface area contributed by atoms with Crippen molar-refractivity contribution in [2.75, 3.05) is 26.2 Å². The molecular weight excluding hydrogens is 262 g/mol. The van der Waals surface area contributed by atoms with E-state index in [1.807, 2.05) is 12.1 Å². The highest BCUT2D eigenvalue weighted by Crippen LogP contribution is 2.28. The Labute approximate surface area is 128 Å². The van der Waals surface area contributed by atoms with E-state index in [1.165, 1.54) is 24.8 Å². The smallest absolute Gasteiger partial charge is 0.122 e. The number of benzene rings is 1. The van der Waals surface area contributed by atoms with Crippen LogP contribution in [0, 0.1) is 0 Å². The summed E-state index contributed by atoms with van der Waals surface area (Å²) in [7, 11) is 0. The minimum atomic E-state index is -0.409. The minimum Gasteiger partial charge on any atom is -0.491 e. The van der Waals surface area contributed by atoms with Crippen molar-refractivity contribution in [2.45, 2.75) is 51.6 Å². The van der Waals surface area contributed by atoms with Gasteiger partial charge in [-0.3, -0.25) is 0 Å². The van der Waals surface area contributed by atoms with E-state index in [0.29, 0.717) is 12.5 Å². The summed E-state index contributed by atoms with van der Waals surface area (Å²) in [5.41, 5.74) is 1.24. The van der Waals surface area contributed by atoms with Gasteiger partial charge < -0.3 is 14.7 Å². The van der Waals surface area contributed by atoms with Crippen LogP contribution in [0.3, 0.4) is 0 Å². The quantitative estimate of drug-likeness (QED) is 0.835. The number of aliphatic hydroxyl groups excluding tert-OH is 1. The molecule has 3 heteroatoms. The van der Waals surface area contributed by atoms with E-state index in [-0.39, 0.29) is 0 Å². The van der Waals surface area contributed by atoms with Gasteiger partial charge >= 0.3 is 0 Å². The van der Waals surface area contributed by atoms with Crippen molar-refractivity contribution in [3.63, 3.8) is 0 Å². The Hall–Kier alpha value is -1.06. The normalized spacial score (nSPS) is 19.2. The first kappa shape index (κ1) is 16.3. The van der Waals surface area contributed by atoms with Gasteiger partial charge in [-0.25, -0.2) is 0 Å². The molecule has 21 heavy (non-hydrogen) atoms. The highest BCUT2D eigenvalue weighted by molar-refractivity contribution is 5.35. The number of aliphatic hydroxyl groups is 1. The maximum absolute atomic E-state index is 10.2. The summed E-state index contributed by atoms with van der Waals surface area (Å²) in [5.74, 6) is 1.41. The third kappa shape index (κ3) is 5.01. The van der Waals surface area contributed by atoms with Crippen LogP contribution in [0.25, 0.3) is 0 Å². The maximum Gasteiger partial charge on any atom is 0.122 e. The zero-order valence-corrected chi connectivity index (χ0v) is 13.4. The molecule has 2 rings (SSSR count). The molecule has 1 fully saturated rings. The Kier molecular flexibility index (Phi) is 6.52. The summed E-state index contributed by atoms with van der Waals surface area (Å²) in [4.78, 5) is 2.35. The highest BCUT2D eigenvalue weighted by atomic mass is 16.5. The van der Waals surface area contributed by atoms with E-state index in [9.17, 15) is 5.11 Å². The number of ether oxygens (including phenoxy) is 1. The molecule has 3 nitrogen and oxygen atoms in total. The van der Waals surface area contributed by atoms with Crippen molar-refractivity contribution in [3.8, 4) is 5.75 Å². The minimum absolute atomic E-state index is 0.379. The van der Waals surface area contributed by atoms with Crippen LogP contribution in [-0.2, 0) is 0 Å². The number of nitrogens with zero attached hydrogens (tertiary/aromatic N) is 1. The van der Waals surface area contributed by atoms with Crippen LogP contribution < -0.4 is 4.74 Å². The van der Waals surface area contributed by atoms with Gasteiger partial charge in [0.2, 0.25) is 0 Å². The number of β-amino-alcohol motifs (C(OH)–C–C–N with tert-alkyl or cyclic N) is 1. The molecule has 0 bridgehead atoms. The predicted octanol–water partition coefficient (Wildman–Crippen LogP) is 3.43. The molecule has 118 valence electrons. The fraction of sp³-hybridized carbons (Fsp3) is 0.667. The summed E-state index contributed by atoms with van der Waals surface area (Å²) < 4.78 is 5.89. The first-order chi connectivity index (χ1) is 10.2.